The van der Waals surface area contributed by atoms with Crippen LogP contribution in [0.3, 0.4) is 0 Å². The molecule has 16 heavy (non-hydrogen) atoms. The van der Waals surface area contributed by atoms with E-state index in [4.69, 9.17) is 6.42 Å². The number of carbonyl (C=O) groups excluding carboxylic acids is 1. The van der Waals surface area contributed by atoms with E-state index in [1.807, 2.05) is 0 Å². The largest absolute Gasteiger partial charge is 0.299 e. The molecule has 0 saturated heterocycles. The molecular weight excluding hydrogens is 196 g/mol. The summed E-state index contributed by atoms with van der Waals surface area (Å²) in [7, 11) is 0. The van der Waals surface area contributed by atoms with Gasteiger partial charge < -0.3 is 0 Å². The maximum Gasteiger partial charge on any atom is 0.136 e. The molecule has 1 rings (SSSR count). The minimum Gasteiger partial charge on any atom is -0.299 e. The van der Waals surface area contributed by atoms with Crippen molar-refractivity contribution in [1.82, 2.24) is 0 Å². The molecule has 1 fully saturated rings. The van der Waals surface area contributed by atoms with Crippen LogP contribution in [0, 0.1) is 29.6 Å². The van der Waals surface area contributed by atoms with Crippen molar-refractivity contribution in [2.75, 3.05) is 0 Å². The summed E-state index contributed by atoms with van der Waals surface area (Å²) >= 11 is 0. The van der Waals surface area contributed by atoms with E-state index in [9.17, 15) is 4.79 Å². The summed E-state index contributed by atoms with van der Waals surface area (Å²) in [5.41, 5.74) is 0.396. The molecule has 0 aromatic carbocycles. The van der Waals surface area contributed by atoms with E-state index in [0.29, 0.717) is 30.0 Å². The van der Waals surface area contributed by atoms with E-state index in [0.717, 1.165) is 18.8 Å². The molecule has 0 atom stereocenters. The van der Waals surface area contributed by atoms with E-state index in [-0.39, 0.29) is 0 Å². The Balaban J connectivity index is 2.38. The number of carbonyl (C=O) groups is 1. The van der Waals surface area contributed by atoms with Gasteiger partial charge in [0.25, 0.3) is 0 Å². The van der Waals surface area contributed by atoms with E-state index in [1.165, 1.54) is 12.8 Å². The maximum absolute atomic E-state index is 11.8. The molecule has 90 valence electrons. The summed E-state index contributed by atoms with van der Waals surface area (Å²) in [4.78, 5) is 11.8. The van der Waals surface area contributed by atoms with E-state index in [2.05, 4.69) is 26.7 Å². The van der Waals surface area contributed by atoms with E-state index in [1.54, 1.807) is 0 Å². The number of Topliss-reactive ketones (excluding diaryl/α,β-unsaturated/α-hetero) is 1. The number of hydrogen-bond acceptors (Lipinski definition) is 1. The van der Waals surface area contributed by atoms with E-state index < -0.39 is 0 Å². The van der Waals surface area contributed by atoms with Crippen LogP contribution in [0.1, 0.15) is 59.3 Å². The first kappa shape index (κ1) is 13.3. The molecule has 0 amide bonds. The van der Waals surface area contributed by atoms with Crippen molar-refractivity contribution in [2.45, 2.75) is 59.3 Å². The smallest absolute Gasteiger partial charge is 0.136 e. The minimum absolute atomic E-state index is 0.298. The highest BCUT2D eigenvalue weighted by atomic mass is 16.1. The zero-order valence-corrected chi connectivity index (χ0v) is 10.9. The Morgan fingerprint density at radius 1 is 1.25 bits per heavy atom. The van der Waals surface area contributed by atoms with Gasteiger partial charge in [-0.05, 0) is 37.0 Å². The molecule has 0 aromatic heterocycles. The Morgan fingerprint density at radius 2 is 1.81 bits per heavy atom. The molecule has 1 nitrogen and oxygen atoms in total. The monoisotopic (exact) mass is 220 g/mol. The van der Waals surface area contributed by atoms with Crippen LogP contribution in [0.15, 0.2) is 0 Å². The van der Waals surface area contributed by atoms with Crippen LogP contribution in [-0.4, -0.2) is 5.78 Å². The zero-order valence-electron chi connectivity index (χ0n) is 10.9. The second kappa shape index (κ2) is 5.53. The van der Waals surface area contributed by atoms with Crippen LogP contribution in [0.5, 0.6) is 0 Å². The quantitative estimate of drug-likeness (QED) is 0.661. The van der Waals surface area contributed by atoms with Gasteiger partial charge in [-0.15, -0.1) is 12.3 Å². The summed E-state index contributed by atoms with van der Waals surface area (Å²) in [6.45, 7) is 6.91. The fourth-order valence-corrected chi connectivity index (χ4v) is 2.68. The Bertz CT molecular complexity index is 269. The summed E-state index contributed by atoms with van der Waals surface area (Å²) in [5, 5.41) is 0. The molecule has 0 radical (unpaired) electrons. The van der Waals surface area contributed by atoms with Crippen molar-refractivity contribution in [1.29, 1.82) is 0 Å². The van der Waals surface area contributed by atoms with Crippen LogP contribution in [0.4, 0.5) is 0 Å². The number of ketones is 1. The average Bonchev–Trinajstić information content (AvgIpc) is 2.25. The van der Waals surface area contributed by atoms with Crippen molar-refractivity contribution < 1.29 is 4.79 Å². The first-order valence-corrected chi connectivity index (χ1v) is 6.41. The second-order valence-electron chi connectivity index (χ2n) is 6.09. The van der Waals surface area contributed by atoms with Crippen molar-refractivity contribution in [3.05, 3.63) is 0 Å². The number of hydrogen-bond donors (Lipinski definition) is 0. The molecule has 1 heteroatoms. The molecule has 0 aliphatic heterocycles. The lowest BCUT2D eigenvalue weighted by molar-refractivity contribution is -0.124. The van der Waals surface area contributed by atoms with Crippen LogP contribution in [0.25, 0.3) is 0 Å². The maximum atomic E-state index is 11.8. The summed E-state index contributed by atoms with van der Waals surface area (Å²) in [6.07, 6.45) is 10.9. The summed E-state index contributed by atoms with van der Waals surface area (Å²) < 4.78 is 0. The van der Waals surface area contributed by atoms with Crippen LogP contribution < -0.4 is 0 Å². The predicted octanol–water partition coefficient (Wildman–Crippen LogP) is 3.82. The van der Waals surface area contributed by atoms with Gasteiger partial charge in [0.2, 0.25) is 0 Å². The molecule has 1 saturated carbocycles. The van der Waals surface area contributed by atoms with Crippen LogP contribution in [-0.2, 0) is 4.79 Å². The predicted molar refractivity (Wildman–Crippen MR) is 68.0 cm³/mol. The van der Waals surface area contributed by atoms with Crippen molar-refractivity contribution >= 4 is 5.78 Å². The third-order valence-corrected chi connectivity index (χ3v) is 3.92. The van der Waals surface area contributed by atoms with Crippen LogP contribution >= 0.6 is 0 Å². The summed E-state index contributed by atoms with van der Waals surface area (Å²) in [5.74, 6) is 4.02. The lowest BCUT2D eigenvalue weighted by Crippen LogP contribution is -2.28. The minimum atomic E-state index is 0.298. The fourth-order valence-electron chi connectivity index (χ4n) is 2.68. The third kappa shape index (κ3) is 3.67. The molecule has 1 aliphatic carbocycles. The van der Waals surface area contributed by atoms with Gasteiger partial charge in [0.15, 0.2) is 0 Å². The highest BCUT2D eigenvalue weighted by Crippen LogP contribution is 2.40. The normalized spacial score (nSPS) is 26.1. The molecule has 0 unspecified atom stereocenters. The van der Waals surface area contributed by atoms with Gasteiger partial charge in [-0.2, -0.15) is 0 Å². The fraction of sp³-hybridized carbons (Fsp3) is 0.800. The zero-order chi connectivity index (χ0) is 12.2. The van der Waals surface area contributed by atoms with Gasteiger partial charge in [0, 0.05) is 18.8 Å². The average molecular weight is 220 g/mol. The van der Waals surface area contributed by atoms with Gasteiger partial charge in [-0.3, -0.25) is 4.79 Å². The Morgan fingerprint density at radius 3 is 2.25 bits per heavy atom. The Labute approximate surface area is 100 Å². The van der Waals surface area contributed by atoms with Crippen molar-refractivity contribution in [2.24, 2.45) is 17.3 Å². The molecule has 0 bridgehead atoms. The number of rotatable bonds is 3. The topological polar surface area (TPSA) is 17.1 Å². The molecule has 0 N–H and O–H groups in total. The number of terminal acetylenes is 1. The molecule has 0 aromatic rings. The lowest BCUT2D eigenvalue weighted by Gasteiger charge is -2.36. The molecule has 0 spiro atoms. The van der Waals surface area contributed by atoms with Gasteiger partial charge in [0.05, 0.1) is 0 Å². The highest BCUT2D eigenvalue weighted by Gasteiger charge is 2.31. The van der Waals surface area contributed by atoms with E-state index >= 15 is 0 Å². The van der Waals surface area contributed by atoms with Gasteiger partial charge in [-0.25, -0.2) is 0 Å². The lowest BCUT2D eigenvalue weighted by atomic mass is 9.69. The first-order chi connectivity index (χ1) is 7.45. The van der Waals surface area contributed by atoms with Gasteiger partial charge in [0.1, 0.15) is 5.78 Å². The first-order valence-electron chi connectivity index (χ1n) is 6.41. The molecule has 0 heterocycles. The molecule has 1 aliphatic rings. The third-order valence-electron chi connectivity index (χ3n) is 3.92. The second-order valence-corrected chi connectivity index (χ2v) is 6.09. The van der Waals surface area contributed by atoms with Crippen molar-refractivity contribution in [3.63, 3.8) is 0 Å². The van der Waals surface area contributed by atoms with Gasteiger partial charge >= 0.3 is 0 Å². The Hall–Kier alpha value is -0.770. The summed E-state index contributed by atoms with van der Waals surface area (Å²) in [6, 6.07) is 0. The Kier molecular flexibility index (Phi) is 4.59. The molecular formula is C15H24O. The standard InChI is InChI=1S/C15H24O/c1-5-6-7-14(16)12-8-10-13(11-9-12)15(2,3)4/h1,12-13H,6-11H2,2-4H3. The SMILES string of the molecule is C#CCCC(=O)C1CCC(C(C)(C)C)CC1. The van der Waals surface area contributed by atoms with Crippen molar-refractivity contribution in [3.8, 4) is 12.3 Å². The van der Waals surface area contributed by atoms with Crippen LogP contribution in [0.2, 0.25) is 0 Å². The highest BCUT2D eigenvalue weighted by molar-refractivity contribution is 5.81. The van der Waals surface area contributed by atoms with Gasteiger partial charge in [-0.1, -0.05) is 20.8 Å².